The van der Waals surface area contributed by atoms with E-state index < -0.39 is 41.2 Å². The molecular formula is C11H8F6O. The molecule has 0 saturated carbocycles. The molecule has 0 aromatic heterocycles. The van der Waals surface area contributed by atoms with Crippen LogP contribution in [-0.2, 0) is 12.6 Å². The quantitative estimate of drug-likeness (QED) is 0.586. The van der Waals surface area contributed by atoms with Crippen molar-refractivity contribution in [3.63, 3.8) is 0 Å². The molecule has 0 aliphatic heterocycles. The van der Waals surface area contributed by atoms with Crippen LogP contribution in [0.25, 0.3) is 0 Å². The van der Waals surface area contributed by atoms with Crippen LogP contribution >= 0.6 is 0 Å². The topological polar surface area (TPSA) is 17.1 Å². The minimum absolute atomic E-state index is 0.448. The van der Waals surface area contributed by atoms with Crippen molar-refractivity contribution in [1.29, 1.82) is 0 Å². The summed E-state index contributed by atoms with van der Waals surface area (Å²) >= 11 is 0. The van der Waals surface area contributed by atoms with Crippen LogP contribution in [0, 0.1) is 0 Å². The van der Waals surface area contributed by atoms with Gasteiger partial charge in [0.1, 0.15) is 0 Å². The molecule has 0 fully saturated rings. The minimum Gasteiger partial charge on any atom is -0.295 e. The second-order valence-corrected chi connectivity index (χ2v) is 3.72. The van der Waals surface area contributed by atoms with Gasteiger partial charge in [-0.05, 0) is 24.6 Å². The maximum Gasteiger partial charge on any atom is 0.416 e. The van der Waals surface area contributed by atoms with E-state index in [0.29, 0.717) is 18.2 Å². The van der Waals surface area contributed by atoms with Gasteiger partial charge in [0.25, 0.3) is 0 Å². The molecule has 100 valence electrons. The molecule has 0 amide bonds. The molecule has 0 bridgehead atoms. The van der Waals surface area contributed by atoms with Crippen LogP contribution in [0.3, 0.4) is 0 Å². The maximum atomic E-state index is 12.4. The maximum absolute atomic E-state index is 12.4. The highest BCUT2D eigenvalue weighted by atomic mass is 19.4. The number of rotatable bonds is 2. The number of halogens is 6. The van der Waals surface area contributed by atoms with E-state index in [1.165, 1.54) is 0 Å². The number of carbonyl (C=O) groups excluding carboxylic acids is 1. The first kappa shape index (κ1) is 14.5. The number of benzene rings is 1. The lowest BCUT2D eigenvalue weighted by molar-refractivity contribution is -0.137. The molecule has 0 saturated heterocycles. The van der Waals surface area contributed by atoms with E-state index >= 15 is 0 Å². The summed E-state index contributed by atoms with van der Waals surface area (Å²) in [4.78, 5) is 11.1. The average Bonchev–Trinajstić information content (AvgIpc) is 2.13. The van der Waals surface area contributed by atoms with Crippen molar-refractivity contribution in [2.75, 3.05) is 0 Å². The van der Waals surface area contributed by atoms with E-state index in [1.54, 1.807) is 0 Å². The summed E-state index contributed by atoms with van der Waals surface area (Å²) in [6, 6.07) is 1.67. The van der Waals surface area contributed by atoms with Crippen molar-refractivity contribution in [2.45, 2.75) is 25.7 Å². The van der Waals surface area contributed by atoms with Crippen LogP contribution in [0.15, 0.2) is 18.2 Å². The number of ketones is 1. The summed E-state index contributed by atoms with van der Waals surface area (Å²) in [5, 5.41) is 0. The van der Waals surface area contributed by atoms with Gasteiger partial charge >= 0.3 is 12.4 Å². The predicted octanol–water partition coefficient (Wildman–Crippen LogP) is 4.01. The Morgan fingerprint density at radius 2 is 1.67 bits per heavy atom. The molecule has 18 heavy (non-hydrogen) atoms. The van der Waals surface area contributed by atoms with E-state index in [2.05, 4.69) is 0 Å². The summed E-state index contributed by atoms with van der Waals surface area (Å²) in [6.45, 7) is 0.926. The number of hydrogen-bond acceptors (Lipinski definition) is 1. The lowest BCUT2D eigenvalue weighted by atomic mass is 9.98. The van der Waals surface area contributed by atoms with Gasteiger partial charge < -0.3 is 0 Å². The highest BCUT2D eigenvalue weighted by Crippen LogP contribution is 2.32. The monoisotopic (exact) mass is 270 g/mol. The SMILES string of the molecule is CC(=O)c1cc(C(F)(F)F)ccc1CC(F)(F)F. The molecule has 1 aromatic carbocycles. The standard InChI is InChI=1S/C11H8F6O/c1-6(18)9-4-8(11(15,16)17)3-2-7(9)5-10(12,13)14/h2-4H,5H2,1H3. The Balaban J connectivity index is 3.26. The fraction of sp³-hybridized carbons (Fsp3) is 0.364. The van der Waals surface area contributed by atoms with Crippen LogP contribution in [0.2, 0.25) is 0 Å². The Morgan fingerprint density at radius 3 is 2.06 bits per heavy atom. The van der Waals surface area contributed by atoms with Gasteiger partial charge in [0.2, 0.25) is 0 Å². The summed E-state index contributed by atoms with van der Waals surface area (Å²) in [5.74, 6) is -0.833. The molecule has 0 spiro atoms. The van der Waals surface area contributed by atoms with Gasteiger partial charge in [-0.2, -0.15) is 26.3 Å². The van der Waals surface area contributed by atoms with Crippen LogP contribution in [0.4, 0.5) is 26.3 Å². The van der Waals surface area contributed by atoms with E-state index in [4.69, 9.17) is 0 Å². The Labute approximate surface area is 98.4 Å². The molecule has 1 nitrogen and oxygen atoms in total. The van der Waals surface area contributed by atoms with Crippen molar-refractivity contribution in [1.82, 2.24) is 0 Å². The van der Waals surface area contributed by atoms with Crippen LogP contribution in [0.1, 0.15) is 28.4 Å². The first-order valence-corrected chi connectivity index (χ1v) is 4.78. The first-order valence-electron chi connectivity index (χ1n) is 4.78. The molecule has 0 aliphatic rings. The summed E-state index contributed by atoms with van der Waals surface area (Å²) < 4.78 is 73.7. The normalized spacial score (nSPS) is 12.6. The third-order valence-corrected chi connectivity index (χ3v) is 2.21. The van der Waals surface area contributed by atoms with Gasteiger partial charge in [-0.1, -0.05) is 6.07 Å². The van der Waals surface area contributed by atoms with E-state index in [-0.39, 0.29) is 0 Å². The summed E-state index contributed by atoms with van der Waals surface area (Å²) in [5.41, 5.74) is -2.15. The Bertz CT molecular complexity index is 458. The largest absolute Gasteiger partial charge is 0.416 e. The number of hydrogen-bond donors (Lipinski definition) is 0. The van der Waals surface area contributed by atoms with E-state index in [1.807, 2.05) is 0 Å². The van der Waals surface area contributed by atoms with E-state index in [9.17, 15) is 31.1 Å². The molecule has 0 N–H and O–H groups in total. The molecule has 0 radical (unpaired) electrons. The predicted molar refractivity (Wildman–Crippen MR) is 51.2 cm³/mol. The molecule has 7 heteroatoms. The van der Waals surface area contributed by atoms with Crippen molar-refractivity contribution >= 4 is 5.78 Å². The Kier molecular flexibility index (Phi) is 3.73. The third kappa shape index (κ3) is 3.75. The van der Waals surface area contributed by atoms with Crippen LogP contribution in [0.5, 0.6) is 0 Å². The molecule has 1 rings (SSSR count). The minimum atomic E-state index is -4.69. The van der Waals surface area contributed by atoms with Gasteiger partial charge in [-0.3, -0.25) is 4.79 Å². The molecule has 0 unspecified atom stereocenters. The number of Topliss-reactive ketones (excluding diaryl/α,β-unsaturated/α-hetero) is 1. The van der Waals surface area contributed by atoms with Crippen molar-refractivity contribution in [3.8, 4) is 0 Å². The highest BCUT2D eigenvalue weighted by Gasteiger charge is 2.33. The average molecular weight is 270 g/mol. The smallest absolute Gasteiger partial charge is 0.295 e. The fourth-order valence-electron chi connectivity index (χ4n) is 1.45. The Hall–Kier alpha value is -1.53. The van der Waals surface area contributed by atoms with Crippen LogP contribution < -0.4 is 0 Å². The zero-order chi connectivity index (χ0) is 14.1. The summed E-state index contributed by atoms with van der Waals surface area (Å²) in [6.07, 6.45) is -10.7. The van der Waals surface area contributed by atoms with E-state index in [0.717, 1.165) is 6.92 Å². The molecule has 1 aromatic rings. The van der Waals surface area contributed by atoms with Gasteiger partial charge in [0.15, 0.2) is 5.78 Å². The lowest BCUT2D eigenvalue weighted by Gasteiger charge is -2.13. The van der Waals surface area contributed by atoms with Gasteiger partial charge in [0.05, 0.1) is 12.0 Å². The number of carbonyl (C=O) groups is 1. The third-order valence-electron chi connectivity index (χ3n) is 2.21. The molecular weight excluding hydrogens is 262 g/mol. The molecule has 0 heterocycles. The van der Waals surface area contributed by atoms with Gasteiger partial charge in [-0.15, -0.1) is 0 Å². The van der Waals surface area contributed by atoms with Crippen molar-refractivity contribution in [3.05, 3.63) is 34.9 Å². The lowest BCUT2D eigenvalue weighted by Crippen LogP contribution is -2.15. The Morgan fingerprint density at radius 1 is 1.11 bits per heavy atom. The highest BCUT2D eigenvalue weighted by molar-refractivity contribution is 5.95. The van der Waals surface area contributed by atoms with Crippen LogP contribution in [-0.4, -0.2) is 12.0 Å². The van der Waals surface area contributed by atoms with Gasteiger partial charge in [-0.25, -0.2) is 0 Å². The fourth-order valence-corrected chi connectivity index (χ4v) is 1.45. The van der Waals surface area contributed by atoms with Crippen molar-refractivity contribution < 1.29 is 31.1 Å². The second kappa shape index (κ2) is 4.62. The van der Waals surface area contributed by atoms with Crippen molar-refractivity contribution in [2.24, 2.45) is 0 Å². The second-order valence-electron chi connectivity index (χ2n) is 3.72. The zero-order valence-electron chi connectivity index (χ0n) is 9.12. The number of alkyl halides is 6. The summed E-state index contributed by atoms with van der Waals surface area (Å²) in [7, 11) is 0. The first-order chi connectivity index (χ1) is 8.00. The van der Waals surface area contributed by atoms with Gasteiger partial charge in [0, 0.05) is 5.56 Å². The molecule has 0 aliphatic carbocycles. The zero-order valence-corrected chi connectivity index (χ0v) is 9.12. The molecule has 0 atom stereocenters.